The molecule has 0 aliphatic heterocycles. The van der Waals surface area contributed by atoms with Gasteiger partial charge in [-0.2, -0.15) is 0 Å². The van der Waals surface area contributed by atoms with E-state index in [0.29, 0.717) is 12.4 Å². The van der Waals surface area contributed by atoms with Gasteiger partial charge in [0, 0.05) is 18.9 Å². The Hall–Kier alpha value is -0.230. The molecule has 0 saturated carbocycles. The molecule has 0 bridgehead atoms. The molecule has 0 aliphatic carbocycles. The van der Waals surface area contributed by atoms with Crippen molar-refractivity contribution < 1.29 is 8.95 Å². The molecule has 1 rings (SSSR count). The van der Waals surface area contributed by atoms with E-state index in [-0.39, 0.29) is 6.04 Å². The maximum atomic E-state index is 12.0. The van der Waals surface area contributed by atoms with Gasteiger partial charge in [0.15, 0.2) is 0 Å². The summed E-state index contributed by atoms with van der Waals surface area (Å²) in [4.78, 5) is 0. The van der Waals surface area contributed by atoms with Crippen LogP contribution in [0.2, 0.25) is 0 Å². The van der Waals surface area contributed by atoms with E-state index >= 15 is 0 Å². The number of thiophene rings is 1. The minimum Gasteiger partial charge on any atom is -0.383 e. The number of nitrogens with one attached hydrogen (secondary N) is 1. The van der Waals surface area contributed by atoms with Gasteiger partial charge >= 0.3 is 0 Å². The molecule has 2 atom stereocenters. The Bertz CT molecular complexity index is 301. The lowest BCUT2D eigenvalue weighted by Crippen LogP contribution is -2.38. The smallest absolute Gasteiger partial charge is 0.0911 e. The van der Waals surface area contributed by atoms with Crippen LogP contribution >= 0.6 is 11.3 Å². The zero-order valence-electron chi connectivity index (χ0n) is 9.77. The zero-order chi connectivity index (χ0) is 11.8. The maximum Gasteiger partial charge on any atom is 0.0911 e. The normalized spacial score (nSPS) is 14.9. The Morgan fingerprint density at radius 2 is 2.44 bits per heavy atom. The first kappa shape index (κ1) is 13.8. The third-order valence-electron chi connectivity index (χ3n) is 2.12. The van der Waals surface area contributed by atoms with Crippen molar-refractivity contribution in [3.63, 3.8) is 0 Å². The third kappa shape index (κ3) is 4.74. The summed E-state index contributed by atoms with van der Waals surface area (Å²) in [6, 6.07) is 4.03. The second-order valence-corrected chi connectivity index (χ2v) is 6.22. The highest BCUT2D eigenvalue weighted by Crippen LogP contribution is 2.14. The van der Waals surface area contributed by atoms with Crippen LogP contribution in [0.15, 0.2) is 21.7 Å². The van der Waals surface area contributed by atoms with Crippen LogP contribution in [0.25, 0.3) is 0 Å². The summed E-state index contributed by atoms with van der Waals surface area (Å²) in [6.07, 6.45) is 1.08. The summed E-state index contributed by atoms with van der Waals surface area (Å²) in [5.41, 5.74) is 0. The standard InChI is InChI=1S/C11H19NO2S2/c1-3-6-12-10(8-14-2)9-16(13)11-5-4-7-15-11/h4-5,7,10,12H,3,6,8-9H2,1-2H3. The number of hydrogen-bond donors (Lipinski definition) is 1. The molecule has 0 saturated heterocycles. The van der Waals surface area contributed by atoms with Crippen LogP contribution in [0.1, 0.15) is 13.3 Å². The number of ether oxygens (including phenoxy) is 1. The van der Waals surface area contributed by atoms with Crippen molar-refractivity contribution in [1.29, 1.82) is 0 Å². The fraction of sp³-hybridized carbons (Fsp3) is 0.636. The molecule has 0 fully saturated rings. The summed E-state index contributed by atoms with van der Waals surface area (Å²) in [7, 11) is 0.764. The topological polar surface area (TPSA) is 38.3 Å². The predicted molar refractivity (Wildman–Crippen MR) is 69.6 cm³/mol. The summed E-state index contributed by atoms with van der Waals surface area (Å²) in [6.45, 7) is 3.67. The average Bonchev–Trinajstić information content (AvgIpc) is 2.79. The molecule has 0 radical (unpaired) electrons. The summed E-state index contributed by atoms with van der Waals surface area (Å²) < 4.78 is 18.0. The highest BCUT2D eigenvalue weighted by Gasteiger charge is 2.13. The summed E-state index contributed by atoms with van der Waals surface area (Å²) in [5.74, 6) is 0.619. The second-order valence-electron chi connectivity index (χ2n) is 3.55. The first-order valence-electron chi connectivity index (χ1n) is 5.42. The number of rotatable bonds is 8. The molecular formula is C11H19NO2S2. The molecule has 1 heterocycles. The molecule has 2 unspecified atom stereocenters. The number of methoxy groups -OCH3 is 1. The van der Waals surface area contributed by atoms with Crippen LogP contribution in [-0.2, 0) is 15.5 Å². The third-order valence-corrected chi connectivity index (χ3v) is 4.92. The Morgan fingerprint density at radius 3 is 3.00 bits per heavy atom. The van der Waals surface area contributed by atoms with Crippen molar-refractivity contribution in [3.8, 4) is 0 Å². The molecule has 0 amide bonds. The van der Waals surface area contributed by atoms with Crippen molar-refractivity contribution in [2.75, 3.05) is 26.0 Å². The van der Waals surface area contributed by atoms with Gasteiger partial charge in [0.1, 0.15) is 0 Å². The molecule has 92 valence electrons. The van der Waals surface area contributed by atoms with Gasteiger partial charge in [-0.1, -0.05) is 13.0 Å². The minimum atomic E-state index is -0.911. The minimum absolute atomic E-state index is 0.174. The van der Waals surface area contributed by atoms with Crippen molar-refractivity contribution >= 4 is 22.1 Å². The van der Waals surface area contributed by atoms with Crippen LogP contribution < -0.4 is 5.32 Å². The van der Waals surface area contributed by atoms with E-state index in [1.807, 2.05) is 17.5 Å². The fourth-order valence-corrected chi connectivity index (χ4v) is 3.60. The van der Waals surface area contributed by atoms with E-state index < -0.39 is 10.8 Å². The summed E-state index contributed by atoms with van der Waals surface area (Å²) >= 11 is 1.55. The van der Waals surface area contributed by atoms with Crippen LogP contribution in [0.3, 0.4) is 0 Å². The highest BCUT2D eigenvalue weighted by atomic mass is 32.2. The lowest BCUT2D eigenvalue weighted by molar-refractivity contribution is 0.173. The van der Waals surface area contributed by atoms with Crippen LogP contribution in [-0.4, -0.2) is 36.3 Å². The zero-order valence-corrected chi connectivity index (χ0v) is 11.4. The Kier molecular flexibility index (Phi) is 6.87. The average molecular weight is 261 g/mol. The first-order chi connectivity index (χ1) is 7.77. The van der Waals surface area contributed by atoms with Gasteiger partial charge in [0.2, 0.25) is 0 Å². The Balaban J connectivity index is 2.44. The SMILES string of the molecule is CCCNC(COC)CS(=O)c1cccs1. The second kappa shape index (κ2) is 7.95. The van der Waals surface area contributed by atoms with Crippen LogP contribution in [0.4, 0.5) is 0 Å². The van der Waals surface area contributed by atoms with E-state index in [1.54, 1.807) is 18.4 Å². The van der Waals surface area contributed by atoms with E-state index in [4.69, 9.17) is 4.74 Å². The van der Waals surface area contributed by atoms with E-state index in [0.717, 1.165) is 17.2 Å². The quantitative estimate of drug-likeness (QED) is 0.776. The van der Waals surface area contributed by atoms with Crippen molar-refractivity contribution in [1.82, 2.24) is 5.32 Å². The molecule has 3 nitrogen and oxygen atoms in total. The lowest BCUT2D eigenvalue weighted by Gasteiger charge is -2.16. The van der Waals surface area contributed by atoms with Crippen molar-refractivity contribution in [2.45, 2.75) is 23.6 Å². The molecule has 5 heteroatoms. The van der Waals surface area contributed by atoms with E-state index in [2.05, 4.69) is 12.2 Å². The molecule has 0 spiro atoms. The van der Waals surface area contributed by atoms with Gasteiger partial charge in [-0.25, -0.2) is 0 Å². The van der Waals surface area contributed by atoms with Gasteiger partial charge in [-0.05, 0) is 24.4 Å². The molecule has 0 aliphatic rings. The molecule has 0 aromatic carbocycles. The molecule has 16 heavy (non-hydrogen) atoms. The van der Waals surface area contributed by atoms with Crippen LogP contribution in [0.5, 0.6) is 0 Å². The molecule has 1 aromatic rings. The first-order valence-corrected chi connectivity index (χ1v) is 7.62. The van der Waals surface area contributed by atoms with Crippen LogP contribution in [0, 0.1) is 0 Å². The van der Waals surface area contributed by atoms with Gasteiger partial charge in [0.05, 0.1) is 21.6 Å². The van der Waals surface area contributed by atoms with E-state index in [9.17, 15) is 4.21 Å². The fourth-order valence-electron chi connectivity index (χ4n) is 1.37. The lowest BCUT2D eigenvalue weighted by atomic mass is 10.3. The van der Waals surface area contributed by atoms with Gasteiger partial charge in [-0.3, -0.25) is 4.21 Å². The monoisotopic (exact) mass is 261 g/mol. The van der Waals surface area contributed by atoms with Crippen molar-refractivity contribution in [3.05, 3.63) is 17.5 Å². The molecular weight excluding hydrogens is 242 g/mol. The van der Waals surface area contributed by atoms with Gasteiger partial charge in [0.25, 0.3) is 0 Å². The van der Waals surface area contributed by atoms with Crippen molar-refractivity contribution in [2.24, 2.45) is 0 Å². The van der Waals surface area contributed by atoms with E-state index in [1.165, 1.54) is 0 Å². The van der Waals surface area contributed by atoms with Gasteiger partial charge < -0.3 is 10.1 Å². The molecule has 1 aromatic heterocycles. The summed E-state index contributed by atoms with van der Waals surface area (Å²) in [5, 5.41) is 5.31. The largest absolute Gasteiger partial charge is 0.383 e. The predicted octanol–water partition coefficient (Wildman–Crippen LogP) is 1.87. The Morgan fingerprint density at radius 1 is 1.62 bits per heavy atom. The Labute approximate surface area is 104 Å². The van der Waals surface area contributed by atoms with Gasteiger partial charge in [-0.15, -0.1) is 11.3 Å². The molecule has 1 N–H and O–H groups in total. The number of hydrogen-bond acceptors (Lipinski definition) is 4. The maximum absolute atomic E-state index is 12.0. The highest BCUT2D eigenvalue weighted by molar-refractivity contribution is 7.87.